The molecule has 6 heteroatoms. The topological polar surface area (TPSA) is 54.2 Å². The second-order valence-corrected chi connectivity index (χ2v) is 6.83. The van der Waals surface area contributed by atoms with Crippen LogP contribution in [-0.2, 0) is 19.5 Å². The molecule has 0 bridgehead atoms. The summed E-state index contributed by atoms with van der Waals surface area (Å²) < 4.78 is 15.3. The van der Waals surface area contributed by atoms with Gasteiger partial charge in [0.1, 0.15) is 18.2 Å². The number of rotatable bonds is 8. The highest BCUT2D eigenvalue weighted by molar-refractivity contribution is 5.79. The van der Waals surface area contributed by atoms with Gasteiger partial charge in [0.25, 0.3) is 0 Å². The van der Waals surface area contributed by atoms with Crippen molar-refractivity contribution in [3.8, 4) is 0 Å². The summed E-state index contributed by atoms with van der Waals surface area (Å²) >= 11 is 0. The number of hydrogen-bond acceptors (Lipinski definition) is 2. The SMILES string of the molecule is CCNC(=NCc1nccn1CC(C)C)NCCc1ccc(F)cc1C. The van der Waals surface area contributed by atoms with Crippen molar-refractivity contribution in [2.45, 2.75) is 47.2 Å². The highest BCUT2D eigenvalue weighted by Gasteiger charge is 2.06. The summed E-state index contributed by atoms with van der Waals surface area (Å²) in [5.41, 5.74) is 2.12. The molecule has 26 heavy (non-hydrogen) atoms. The molecule has 0 radical (unpaired) electrons. The normalized spacial score (nSPS) is 11.8. The summed E-state index contributed by atoms with van der Waals surface area (Å²) in [7, 11) is 0. The molecule has 0 unspecified atom stereocenters. The van der Waals surface area contributed by atoms with Crippen molar-refractivity contribution in [1.82, 2.24) is 20.2 Å². The quantitative estimate of drug-likeness (QED) is 0.562. The van der Waals surface area contributed by atoms with Crippen LogP contribution in [0.2, 0.25) is 0 Å². The molecule has 0 aliphatic carbocycles. The molecule has 0 saturated carbocycles. The summed E-state index contributed by atoms with van der Waals surface area (Å²) in [5.74, 6) is 2.11. The van der Waals surface area contributed by atoms with Gasteiger partial charge in [-0.2, -0.15) is 0 Å². The van der Waals surface area contributed by atoms with Crippen molar-refractivity contribution in [3.63, 3.8) is 0 Å². The van der Waals surface area contributed by atoms with E-state index in [1.165, 1.54) is 6.07 Å². The summed E-state index contributed by atoms with van der Waals surface area (Å²) in [6, 6.07) is 4.93. The van der Waals surface area contributed by atoms with E-state index in [0.717, 1.165) is 49.0 Å². The third-order valence-corrected chi connectivity index (χ3v) is 4.08. The first-order valence-corrected chi connectivity index (χ1v) is 9.26. The van der Waals surface area contributed by atoms with Crippen molar-refractivity contribution < 1.29 is 4.39 Å². The number of nitrogens with one attached hydrogen (secondary N) is 2. The minimum absolute atomic E-state index is 0.189. The Balaban J connectivity index is 1.93. The van der Waals surface area contributed by atoms with Gasteiger partial charge in [0.15, 0.2) is 5.96 Å². The molecule has 142 valence electrons. The first-order chi connectivity index (χ1) is 12.5. The molecule has 2 aromatic rings. The van der Waals surface area contributed by atoms with Crippen LogP contribution in [0.3, 0.4) is 0 Å². The number of benzene rings is 1. The predicted molar refractivity (Wildman–Crippen MR) is 105 cm³/mol. The van der Waals surface area contributed by atoms with Crippen LogP contribution in [0.5, 0.6) is 0 Å². The van der Waals surface area contributed by atoms with Crippen LogP contribution in [0, 0.1) is 18.7 Å². The Bertz CT molecular complexity index is 721. The van der Waals surface area contributed by atoms with Crippen molar-refractivity contribution in [2.75, 3.05) is 13.1 Å². The Hall–Kier alpha value is -2.37. The zero-order valence-electron chi connectivity index (χ0n) is 16.2. The molecule has 2 rings (SSSR count). The van der Waals surface area contributed by atoms with E-state index in [1.807, 2.05) is 32.3 Å². The van der Waals surface area contributed by atoms with E-state index in [1.54, 1.807) is 6.07 Å². The smallest absolute Gasteiger partial charge is 0.191 e. The van der Waals surface area contributed by atoms with Gasteiger partial charge in [-0.3, -0.25) is 0 Å². The van der Waals surface area contributed by atoms with E-state index in [9.17, 15) is 4.39 Å². The van der Waals surface area contributed by atoms with Gasteiger partial charge < -0.3 is 15.2 Å². The number of nitrogens with zero attached hydrogens (tertiary/aromatic N) is 3. The van der Waals surface area contributed by atoms with Gasteiger partial charge in [-0.25, -0.2) is 14.4 Å². The van der Waals surface area contributed by atoms with Crippen LogP contribution in [0.4, 0.5) is 4.39 Å². The third-order valence-electron chi connectivity index (χ3n) is 4.08. The molecule has 0 atom stereocenters. The highest BCUT2D eigenvalue weighted by Crippen LogP contribution is 2.10. The number of aliphatic imine (C=N–C) groups is 1. The average molecular weight is 359 g/mol. The lowest BCUT2D eigenvalue weighted by Crippen LogP contribution is -2.38. The molecule has 0 saturated heterocycles. The Kier molecular flexibility index (Phi) is 7.63. The van der Waals surface area contributed by atoms with Crippen LogP contribution in [-0.4, -0.2) is 28.6 Å². The lowest BCUT2D eigenvalue weighted by Gasteiger charge is -2.13. The van der Waals surface area contributed by atoms with Gasteiger partial charge in [-0.15, -0.1) is 0 Å². The van der Waals surface area contributed by atoms with E-state index in [-0.39, 0.29) is 5.82 Å². The van der Waals surface area contributed by atoms with Gasteiger partial charge in [-0.05, 0) is 49.4 Å². The molecule has 1 aromatic carbocycles. The number of guanidine groups is 1. The van der Waals surface area contributed by atoms with Crippen LogP contribution < -0.4 is 10.6 Å². The maximum atomic E-state index is 13.2. The first-order valence-electron chi connectivity index (χ1n) is 9.26. The molecule has 0 spiro atoms. The number of aromatic nitrogens is 2. The van der Waals surface area contributed by atoms with E-state index in [2.05, 4.69) is 39.0 Å². The number of halogens is 1. The molecule has 1 aromatic heterocycles. The van der Waals surface area contributed by atoms with Crippen molar-refractivity contribution in [1.29, 1.82) is 0 Å². The molecule has 0 aliphatic heterocycles. The minimum atomic E-state index is -0.189. The van der Waals surface area contributed by atoms with E-state index < -0.39 is 0 Å². The van der Waals surface area contributed by atoms with Crippen molar-refractivity contribution in [3.05, 3.63) is 53.4 Å². The molecule has 2 N–H and O–H groups in total. The van der Waals surface area contributed by atoms with Gasteiger partial charge in [-0.1, -0.05) is 19.9 Å². The monoisotopic (exact) mass is 359 g/mol. The average Bonchev–Trinajstić information content (AvgIpc) is 3.01. The summed E-state index contributed by atoms with van der Waals surface area (Å²) in [6.07, 6.45) is 4.64. The maximum Gasteiger partial charge on any atom is 0.191 e. The van der Waals surface area contributed by atoms with Gasteiger partial charge in [0.05, 0.1) is 0 Å². The second kappa shape index (κ2) is 9.94. The summed E-state index contributed by atoms with van der Waals surface area (Å²) in [5, 5.41) is 6.60. The fourth-order valence-corrected chi connectivity index (χ4v) is 2.80. The Morgan fingerprint density at radius 3 is 2.81 bits per heavy atom. The van der Waals surface area contributed by atoms with Crippen molar-refractivity contribution in [2.24, 2.45) is 10.9 Å². The molecule has 1 heterocycles. The molecular weight excluding hydrogens is 329 g/mol. The van der Waals surface area contributed by atoms with Gasteiger partial charge >= 0.3 is 0 Å². The summed E-state index contributed by atoms with van der Waals surface area (Å²) in [6.45, 7) is 11.4. The van der Waals surface area contributed by atoms with Crippen LogP contribution in [0.25, 0.3) is 0 Å². The molecule has 0 aliphatic rings. The fraction of sp³-hybridized carbons (Fsp3) is 0.500. The molecule has 5 nitrogen and oxygen atoms in total. The summed E-state index contributed by atoms with van der Waals surface area (Å²) in [4.78, 5) is 9.06. The Morgan fingerprint density at radius 1 is 1.31 bits per heavy atom. The van der Waals surface area contributed by atoms with E-state index in [4.69, 9.17) is 0 Å². The maximum absolute atomic E-state index is 13.2. The zero-order valence-corrected chi connectivity index (χ0v) is 16.2. The zero-order chi connectivity index (χ0) is 18.9. The van der Waals surface area contributed by atoms with E-state index in [0.29, 0.717) is 12.5 Å². The van der Waals surface area contributed by atoms with Crippen LogP contribution in [0.1, 0.15) is 37.7 Å². The standard InChI is InChI=1S/C20H30FN5/c1-5-22-20(24-9-8-17-6-7-18(21)12-16(17)4)25-13-19-23-10-11-26(19)14-15(2)3/h6-7,10-12,15H,5,8-9,13-14H2,1-4H3,(H2,22,24,25). The number of hydrogen-bond donors (Lipinski definition) is 2. The van der Waals surface area contributed by atoms with E-state index >= 15 is 0 Å². The third kappa shape index (κ3) is 6.17. The largest absolute Gasteiger partial charge is 0.357 e. The molecular formula is C20H30FN5. The van der Waals surface area contributed by atoms with Crippen LogP contribution in [0.15, 0.2) is 35.6 Å². The van der Waals surface area contributed by atoms with Gasteiger partial charge in [0, 0.05) is 32.0 Å². The minimum Gasteiger partial charge on any atom is -0.357 e. The highest BCUT2D eigenvalue weighted by atomic mass is 19.1. The predicted octanol–water partition coefficient (Wildman–Crippen LogP) is 3.28. The second-order valence-electron chi connectivity index (χ2n) is 6.83. The number of imidazole rings is 1. The lowest BCUT2D eigenvalue weighted by atomic mass is 10.1. The fourth-order valence-electron chi connectivity index (χ4n) is 2.80. The molecule has 0 fully saturated rings. The Labute approximate surface area is 155 Å². The molecule has 0 amide bonds. The first kappa shape index (κ1) is 19.9. The van der Waals surface area contributed by atoms with Gasteiger partial charge in [0.2, 0.25) is 0 Å². The van der Waals surface area contributed by atoms with Crippen LogP contribution >= 0.6 is 0 Å². The number of aryl methyl sites for hydroxylation is 1. The Morgan fingerprint density at radius 2 is 2.12 bits per heavy atom. The van der Waals surface area contributed by atoms with Crippen molar-refractivity contribution >= 4 is 5.96 Å². The lowest BCUT2D eigenvalue weighted by molar-refractivity contribution is 0.507.